The van der Waals surface area contributed by atoms with Crippen molar-refractivity contribution in [3.8, 4) is 0 Å². The molecule has 1 amide bonds. The summed E-state index contributed by atoms with van der Waals surface area (Å²) in [4.78, 5) is 21.1. The number of carboxylic acids is 1. The Morgan fingerprint density at radius 2 is 1.93 bits per heavy atom. The fourth-order valence-electron chi connectivity index (χ4n) is 1.59. The molecule has 0 aliphatic heterocycles. The summed E-state index contributed by atoms with van der Waals surface area (Å²) in [7, 11) is 0. The van der Waals surface area contributed by atoms with Crippen molar-refractivity contribution >= 4 is 11.9 Å². The zero-order valence-electron chi connectivity index (χ0n) is 9.58. The van der Waals surface area contributed by atoms with Gasteiger partial charge in [-0.15, -0.1) is 0 Å². The molecular weight excluding hydrogens is 194 g/mol. The number of rotatable bonds is 8. The van der Waals surface area contributed by atoms with E-state index >= 15 is 0 Å². The maximum atomic E-state index is 10.9. The van der Waals surface area contributed by atoms with E-state index in [1.807, 2.05) is 0 Å². The Balaban J connectivity index is 3.65. The molecule has 0 bridgehead atoms. The Kier molecular flexibility index (Phi) is 7.68. The largest absolute Gasteiger partial charge is 0.481 e. The van der Waals surface area contributed by atoms with E-state index in [9.17, 15) is 9.59 Å². The van der Waals surface area contributed by atoms with Crippen LogP contribution in [0.5, 0.6) is 0 Å². The van der Waals surface area contributed by atoms with Gasteiger partial charge in [-0.2, -0.15) is 0 Å². The first-order valence-electron chi connectivity index (χ1n) is 5.55. The molecule has 0 fully saturated rings. The summed E-state index contributed by atoms with van der Waals surface area (Å²) in [5.41, 5.74) is 0. The van der Waals surface area contributed by atoms with Gasteiger partial charge in [0.25, 0.3) is 0 Å². The minimum absolute atomic E-state index is 0.00770. The van der Waals surface area contributed by atoms with Gasteiger partial charge in [0.15, 0.2) is 0 Å². The van der Waals surface area contributed by atoms with Gasteiger partial charge in [0.05, 0.1) is 0 Å². The number of nitrogens with one attached hydrogen (secondary N) is 1. The molecule has 4 heteroatoms. The first kappa shape index (κ1) is 13.9. The molecule has 0 aliphatic carbocycles. The monoisotopic (exact) mass is 215 g/mol. The van der Waals surface area contributed by atoms with Gasteiger partial charge in [-0.1, -0.05) is 19.8 Å². The molecule has 0 saturated carbocycles. The summed E-state index contributed by atoms with van der Waals surface area (Å²) in [6.45, 7) is 3.59. The minimum Gasteiger partial charge on any atom is -0.481 e. The van der Waals surface area contributed by atoms with Crippen LogP contribution < -0.4 is 5.32 Å². The molecule has 0 heterocycles. The van der Waals surface area contributed by atoms with Gasteiger partial charge in [0.1, 0.15) is 0 Å². The Morgan fingerprint density at radius 3 is 2.40 bits per heavy atom. The van der Waals surface area contributed by atoms with Crippen LogP contribution in [0.4, 0.5) is 0 Å². The van der Waals surface area contributed by atoms with E-state index < -0.39 is 5.97 Å². The molecule has 1 unspecified atom stereocenters. The molecule has 0 spiro atoms. The highest BCUT2D eigenvalue weighted by Gasteiger charge is 2.08. The van der Waals surface area contributed by atoms with Gasteiger partial charge >= 0.3 is 5.97 Å². The highest BCUT2D eigenvalue weighted by atomic mass is 16.4. The number of carbonyl (C=O) groups is 2. The van der Waals surface area contributed by atoms with E-state index in [1.165, 1.54) is 6.92 Å². The van der Waals surface area contributed by atoms with Gasteiger partial charge in [0, 0.05) is 19.4 Å². The topological polar surface area (TPSA) is 66.4 Å². The van der Waals surface area contributed by atoms with E-state index in [1.54, 1.807) is 0 Å². The number of hydrogen-bond donors (Lipinski definition) is 2. The predicted octanol–water partition coefficient (Wildman–Crippen LogP) is 1.94. The number of unbranched alkanes of at least 4 members (excludes halogenated alkanes) is 1. The van der Waals surface area contributed by atoms with Gasteiger partial charge in [-0.25, -0.2) is 0 Å². The van der Waals surface area contributed by atoms with Crippen molar-refractivity contribution < 1.29 is 14.7 Å². The molecule has 0 aromatic heterocycles. The molecule has 1 atom stereocenters. The van der Waals surface area contributed by atoms with Crippen molar-refractivity contribution in [2.24, 2.45) is 0 Å². The molecule has 0 saturated heterocycles. The second-order valence-corrected chi connectivity index (χ2v) is 3.83. The van der Waals surface area contributed by atoms with E-state index in [4.69, 9.17) is 5.11 Å². The molecule has 2 N–H and O–H groups in total. The SMILES string of the molecule is CCCC(CCCCC(=O)O)NC(C)=O. The van der Waals surface area contributed by atoms with E-state index in [0.717, 1.165) is 25.7 Å². The van der Waals surface area contributed by atoms with Crippen molar-refractivity contribution in [2.45, 2.75) is 58.4 Å². The standard InChI is InChI=1S/C11H21NO3/c1-3-6-10(12-9(2)13)7-4-5-8-11(14)15/h10H,3-8H2,1-2H3,(H,12,13)(H,14,15). The van der Waals surface area contributed by atoms with Crippen LogP contribution in [0.2, 0.25) is 0 Å². The summed E-state index contributed by atoms with van der Waals surface area (Å²) in [6, 6.07) is 0.210. The normalized spacial score (nSPS) is 12.1. The van der Waals surface area contributed by atoms with E-state index in [2.05, 4.69) is 12.2 Å². The zero-order valence-corrected chi connectivity index (χ0v) is 9.58. The Bertz CT molecular complexity index is 204. The summed E-state index contributed by atoms with van der Waals surface area (Å²) in [5, 5.41) is 11.3. The first-order valence-corrected chi connectivity index (χ1v) is 5.55. The number of aliphatic carboxylic acids is 1. The van der Waals surface area contributed by atoms with Gasteiger partial charge in [-0.05, 0) is 19.3 Å². The molecule has 0 rings (SSSR count). The van der Waals surface area contributed by atoms with Crippen LogP contribution in [-0.4, -0.2) is 23.0 Å². The van der Waals surface area contributed by atoms with Crippen LogP contribution in [0, 0.1) is 0 Å². The molecule has 88 valence electrons. The predicted molar refractivity (Wildman–Crippen MR) is 58.6 cm³/mol. The Hall–Kier alpha value is -1.06. The number of carboxylic acid groups (broad SMARTS) is 1. The lowest BCUT2D eigenvalue weighted by Crippen LogP contribution is -2.32. The van der Waals surface area contributed by atoms with Crippen molar-refractivity contribution in [3.05, 3.63) is 0 Å². The molecule has 0 aromatic carbocycles. The summed E-state index contributed by atoms with van der Waals surface area (Å²) in [6.07, 6.45) is 4.64. The molecule has 15 heavy (non-hydrogen) atoms. The smallest absolute Gasteiger partial charge is 0.303 e. The molecular formula is C11H21NO3. The van der Waals surface area contributed by atoms with Crippen molar-refractivity contribution in [2.75, 3.05) is 0 Å². The van der Waals surface area contributed by atoms with Crippen molar-refractivity contribution in [1.82, 2.24) is 5.32 Å². The summed E-state index contributed by atoms with van der Waals surface area (Å²) >= 11 is 0. The van der Waals surface area contributed by atoms with Crippen LogP contribution in [0.1, 0.15) is 52.4 Å². The number of hydrogen-bond acceptors (Lipinski definition) is 2. The quantitative estimate of drug-likeness (QED) is 0.608. The molecule has 0 aliphatic rings. The maximum Gasteiger partial charge on any atom is 0.303 e. The first-order chi connectivity index (χ1) is 7.06. The minimum atomic E-state index is -0.749. The molecule has 0 aromatic rings. The van der Waals surface area contributed by atoms with Crippen LogP contribution in [0.3, 0.4) is 0 Å². The van der Waals surface area contributed by atoms with Crippen molar-refractivity contribution in [1.29, 1.82) is 0 Å². The third kappa shape index (κ3) is 9.25. The number of amides is 1. The third-order valence-electron chi connectivity index (χ3n) is 2.24. The lowest BCUT2D eigenvalue weighted by Gasteiger charge is -2.16. The molecule has 4 nitrogen and oxygen atoms in total. The lowest BCUT2D eigenvalue weighted by molar-refractivity contribution is -0.137. The summed E-state index contributed by atoms with van der Waals surface area (Å²) < 4.78 is 0. The fourth-order valence-corrected chi connectivity index (χ4v) is 1.59. The highest BCUT2D eigenvalue weighted by molar-refractivity contribution is 5.73. The van der Waals surface area contributed by atoms with Crippen molar-refractivity contribution in [3.63, 3.8) is 0 Å². The third-order valence-corrected chi connectivity index (χ3v) is 2.24. The Labute approximate surface area is 91.1 Å². The van der Waals surface area contributed by atoms with Gasteiger partial charge in [-0.3, -0.25) is 9.59 Å². The van der Waals surface area contributed by atoms with Crippen LogP contribution >= 0.6 is 0 Å². The zero-order chi connectivity index (χ0) is 11.7. The molecule has 0 radical (unpaired) electrons. The average Bonchev–Trinajstić information content (AvgIpc) is 2.11. The lowest BCUT2D eigenvalue weighted by atomic mass is 10.0. The second kappa shape index (κ2) is 8.26. The van der Waals surface area contributed by atoms with E-state index in [-0.39, 0.29) is 18.4 Å². The van der Waals surface area contributed by atoms with Crippen LogP contribution in [0.25, 0.3) is 0 Å². The summed E-state index contributed by atoms with van der Waals surface area (Å²) in [5.74, 6) is -0.756. The number of carbonyl (C=O) groups excluding carboxylic acids is 1. The Morgan fingerprint density at radius 1 is 1.27 bits per heavy atom. The van der Waals surface area contributed by atoms with Gasteiger partial charge in [0.2, 0.25) is 5.91 Å². The highest BCUT2D eigenvalue weighted by Crippen LogP contribution is 2.08. The van der Waals surface area contributed by atoms with Gasteiger partial charge < -0.3 is 10.4 Å². The second-order valence-electron chi connectivity index (χ2n) is 3.83. The van der Waals surface area contributed by atoms with E-state index in [0.29, 0.717) is 6.42 Å². The fraction of sp³-hybridized carbons (Fsp3) is 0.818. The maximum absolute atomic E-state index is 10.9. The van der Waals surface area contributed by atoms with Crippen LogP contribution in [0.15, 0.2) is 0 Å². The average molecular weight is 215 g/mol. The van der Waals surface area contributed by atoms with Crippen LogP contribution in [-0.2, 0) is 9.59 Å².